The van der Waals surface area contributed by atoms with Gasteiger partial charge in [-0.25, -0.2) is 9.79 Å². The summed E-state index contributed by atoms with van der Waals surface area (Å²) in [5.74, 6) is 0.326. The predicted molar refractivity (Wildman–Crippen MR) is 117 cm³/mol. The first-order chi connectivity index (χ1) is 14.8. The van der Waals surface area contributed by atoms with E-state index in [2.05, 4.69) is 11.9 Å². The summed E-state index contributed by atoms with van der Waals surface area (Å²) in [5, 5.41) is 11.3. The molecule has 1 aliphatic heterocycles. The highest BCUT2D eigenvalue weighted by Gasteiger charge is 2.25. The van der Waals surface area contributed by atoms with Crippen LogP contribution < -0.4 is 9.47 Å². The molecule has 1 aliphatic rings. The summed E-state index contributed by atoms with van der Waals surface area (Å²) >= 11 is 6.36. The fourth-order valence-electron chi connectivity index (χ4n) is 2.97. The van der Waals surface area contributed by atoms with Crippen LogP contribution in [0.1, 0.15) is 36.5 Å². The number of carbonyl (C=O) groups is 1. The van der Waals surface area contributed by atoms with E-state index in [1.807, 2.05) is 0 Å². The van der Waals surface area contributed by atoms with Gasteiger partial charge in [0.05, 0.1) is 23.7 Å². The van der Waals surface area contributed by atoms with Crippen LogP contribution in [0.15, 0.2) is 41.0 Å². The van der Waals surface area contributed by atoms with Gasteiger partial charge in [-0.3, -0.25) is 10.1 Å². The average Bonchev–Trinajstić information content (AvgIpc) is 3.09. The minimum absolute atomic E-state index is 0.0209. The van der Waals surface area contributed by atoms with Gasteiger partial charge in [-0.2, -0.15) is 0 Å². The Kier molecular flexibility index (Phi) is 6.91. The molecule has 0 aliphatic carbocycles. The molecule has 0 spiro atoms. The molecule has 31 heavy (non-hydrogen) atoms. The van der Waals surface area contributed by atoms with E-state index >= 15 is 0 Å². The van der Waals surface area contributed by atoms with Gasteiger partial charge in [0.25, 0.3) is 5.69 Å². The van der Waals surface area contributed by atoms with Crippen LogP contribution in [-0.2, 0) is 9.53 Å². The predicted octanol–water partition coefficient (Wildman–Crippen LogP) is 5.09. The molecule has 0 N–H and O–H groups in total. The van der Waals surface area contributed by atoms with Gasteiger partial charge in [-0.05, 0) is 49.2 Å². The molecular weight excluding hydrogens is 424 g/mol. The Morgan fingerprint density at radius 1 is 1.29 bits per heavy atom. The molecule has 0 amide bonds. The first-order valence-corrected chi connectivity index (χ1v) is 10.00. The van der Waals surface area contributed by atoms with E-state index in [4.69, 9.17) is 25.8 Å². The van der Waals surface area contributed by atoms with Crippen molar-refractivity contribution in [1.29, 1.82) is 0 Å². The lowest BCUT2D eigenvalue weighted by Crippen LogP contribution is -2.06. The molecule has 2 aromatic carbocycles. The molecule has 2 aromatic rings. The highest BCUT2D eigenvalue weighted by Crippen LogP contribution is 2.37. The minimum Gasteiger partial charge on any atom is -0.493 e. The molecule has 1 heterocycles. The third-order valence-electron chi connectivity index (χ3n) is 4.56. The van der Waals surface area contributed by atoms with Crippen LogP contribution in [0.25, 0.3) is 6.08 Å². The number of benzene rings is 2. The Morgan fingerprint density at radius 3 is 2.71 bits per heavy atom. The van der Waals surface area contributed by atoms with Crippen molar-refractivity contribution in [3.05, 3.63) is 67.9 Å². The number of unbranched alkanes of at least 4 members (excludes halogenated alkanes) is 1. The Balaban J connectivity index is 1.90. The molecule has 0 radical (unpaired) electrons. The number of nitrogens with zero attached hydrogens (tertiary/aromatic N) is 2. The molecule has 0 fully saturated rings. The molecule has 0 atom stereocenters. The standard InChI is InChI=1S/C22H21ClN2O6/c1-4-5-8-30-20-16(23)10-14(12-19(20)29-3)11-17-22(26)31-21(24-17)15-6-7-18(25(27)28)13(2)9-15/h6-7,9-12H,4-5,8H2,1-3H3/b17-11-. The summed E-state index contributed by atoms with van der Waals surface area (Å²) in [4.78, 5) is 27.1. The third kappa shape index (κ3) is 5.03. The number of methoxy groups -OCH3 is 1. The van der Waals surface area contributed by atoms with E-state index in [1.165, 1.54) is 25.3 Å². The summed E-state index contributed by atoms with van der Waals surface area (Å²) in [6.45, 7) is 4.18. The topological polar surface area (TPSA) is 100 Å². The van der Waals surface area contributed by atoms with Crippen molar-refractivity contribution >= 4 is 35.2 Å². The van der Waals surface area contributed by atoms with E-state index in [0.717, 1.165) is 12.8 Å². The SMILES string of the molecule is CCCCOc1c(Cl)cc(/C=C2\N=C(c3ccc([N+](=O)[O-])c(C)c3)OC2=O)cc1OC. The van der Waals surface area contributed by atoms with Gasteiger partial charge in [0, 0.05) is 17.2 Å². The number of aryl methyl sites for hydroxylation is 1. The Bertz CT molecular complexity index is 1090. The van der Waals surface area contributed by atoms with Crippen LogP contribution in [0.3, 0.4) is 0 Å². The zero-order valence-electron chi connectivity index (χ0n) is 17.3. The number of rotatable bonds is 8. The Hall–Kier alpha value is -3.39. The van der Waals surface area contributed by atoms with Gasteiger partial charge >= 0.3 is 5.97 Å². The number of esters is 1. The quantitative estimate of drug-likeness (QED) is 0.185. The molecule has 0 saturated heterocycles. The van der Waals surface area contributed by atoms with E-state index in [0.29, 0.717) is 39.8 Å². The first-order valence-electron chi connectivity index (χ1n) is 9.62. The van der Waals surface area contributed by atoms with Crippen molar-refractivity contribution in [2.45, 2.75) is 26.7 Å². The number of halogens is 1. The lowest BCUT2D eigenvalue weighted by molar-refractivity contribution is -0.385. The highest BCUT2D eigenvalue weighted by molar-refractivity contribution is 6.32. The summed E-state index contributed by atoms with van der Waals surface area (Å²) < 4.78 is 16.3. The largest absolute Gasteiger partial charge is 0.493 e. The van der Waals surface area contributed by atoms with E-state index in [1.54, 1.807) is 25.1 Å². The fourth-order valence-corrected chi connectivity index (χ4v) is 3.24. The summed E-state index contributed by atoms with van der Waals surface area (Å²) in [5.41, 5.74) is 1.54. The second-order valence-electron chi connectivity index (χ2n) is 6.83. The molecule has 3 rings (SSSR count). The lowest BCUT2D eigenvalue weighted by Gasteiger charge is -2.13. The van der Waals surface area contributed by atoms with Crippen molar-refractivity contribution in [1.82, 2.24) is 0 Å². The van der Waals surface area contributed by atoms with Gasteiger partial charge < -0.3 is 14.2 Å². The van der Waals surface area contributed by atoms with Crippen LogP contribution in [0.2, 0.25) is 5.02 Å². The second-order valence-corrected chi connectivity index (χ2v) is 7.24. The zero-order valence-corrected chi connectivity index (χ0v) is 18.1. The molecule has 9 heteroatoms. The van der Waals surface area contributed by atoms with E-state index < -0.39 is 10.9 Å². The van der Waals surface area contributed by atoms with Gasteiger partial charge in [-0.1, -0.05) is 24.9 Å². The summed E-state index contributed by atoms with van der Waals surface area (Å²) in [7, 11) is 1.51. The number of nitro benzene ring substituents is 1. The average molecular weight is 445 g/mol. The number of carbonyl (C=O) groups excluding carboxylic acids is 1. The van der Waals surface area contributed by atoms with Crippen LogP contribution in [0.4, 0.5) is 5.69 Å². The highest BCUT2D eigenvalue weighted by atomic mass is 35.5. The van der Waals surface area contributed by atoms with Crippen LogP contribution in [0, 0.1) is 17.0 Å². The van der Waals surface area contributed by atoms with Gasteiger partial charge in [0.1, 0.15) is 0 Å². The molecule has 0 aromatic heterocycles. The van der Waals surface area contributed by atoms with Crippen LogP contribution in [-0.4, -0.2) is 30.5 Å². The van der Waals surface area contributed by atoms with Crippen molar-refractivity contribution in [2.75, 3.05) is 13.7 Å². The fraction of sp³-hybridized carbons (Fsp3) is 0.273. The third-order valence-corrected chi connectivity index (χ3v) is 4.84. The van der Waals surface area contributed by atoms with Crippen molar-refractivity contribution in [3.63, 3.8) is 0 Å². The van der Waals surface area contributed by atoms with E-state index in [9.17, 15) is 14.9 Å². The van der Waals surface area contributed by atoms with Crippen LogP contribution in [0.5, 0.6) is 11.5 Å². The summed E-state index contributed by atoms with van der Waals surface area (Å²) in [6.07, 6.45) is 3.40. The number of nitro groups is 1. The number of ether oxygens (including phenoxy) is 3. The molecular formula is C22H21ClN2O6. The number of hydrogen-bond donors (Lipinski definition) is 0. The smallest absolute Gasteiger partial charge is 0.363 e. The minimum atomic E-state index is -0.635. The molecule has 0 bridgehead atoms. The van der Waals surface area contributed by atoms with Crippen molar-refractivity contribution in [2.24, 2.45) is 4.99 Å². The van der Waals surface area contributed by atoms with Gasteiger partial charge in [0.2, 0.25) is 5.90 Å². The second kappa shape index (κ2) is 9.61. The zero-order chi connectivity index (χ0) is 22.5. The molecule has 0 saturated carbocycles. The Morgan fingerprint density at radius 2 is 2.06 bits per heavy atom. The summed E-state index contributed by atoms with van der Waals surface area (Å²) in [6, 6.07) is 7.73. The normalized spacial score (nSPS) is 14.4. The lowest BCUT2D eigenvalue weighted by atomic mass is 10.1. The molecule has 8 nitrogen and oxygen atoms in total. The molecule has 162 valence electrons. The number of cyclic esters (lactones) is 1. The van der Waals surface area contributed by atoms with Crippen molar-refractivity contribution in [3.8, 4) is 11.5 Å². The van der Waals surface area contributed by atoms with E-state index in [-0.39, 0.29) is 17.3 Å². The number of hydrogen-bond acceptors (Lipinski definition) is 7. The molecule has 0 unspecified atom stereocenters. The maximum Gasteiger partial charge on any atom is 0.363 e. The van der Waals surface area contributed by atoms with Crippen LogP contribution >= 0.6 is 11.6 Å². The van der Waals surface area contributed by atoms with Gasteiger partial charge in [0.15, 0.2) is 17.2 Å². The van der Waals surface area contributed by atoms with Crippen molar-refractivity contribution < 1.29 is 23.9 Å². The van der Waals surface area contributed by atoms with Gasteiger partial charge in [-0.15, -0.1) is 0 Å². The Labute approximate surface area is 184 Å². The number of aliphatic imine (C=N–C) groups is 1. The maximum atomic E-state index is 12.3. The maximum absolute atomic E-state index is 12.3. The monoisotopic (exact) mass is 444 g/mol. The first kappa shape index (κ1) is 22.3.